The van der Waals surface area contributed by atoms with Crippen molar-refractivity contribution in [2.45, 2.75) is 90.8 Å². The number of carbonyl (C=O) groups excluding carboxylic acids is 1. The molecule has 6 rings (SSSR count). The molecule has 5 aromatic rings. The lowest BCUT2D eigenvalue weighted by molar-refractivity contribution is -0.0297. The van der Waals surface area contributed by atoms with Crippen LogP contribution in [0.2, 0.25) is 25.7 Å². The van der Waals surface area contributed by atoms with Crippen LogP contribution >= 0.6 is 22.7 Å². The summed E-state index contributed by atoms with van der Waals surface area (Å²) in [5.41, 5.74) is 2.59. The molecule has 332 valence electrons. The van der Waals surface area contributed by atoms with Gasteiger partial charge in [0.15, 0.2) is 38.8 Å². The monoisotopic (exact) mass is 903 g/mol. The smallest absolute Gasteiger partial charge is 0.358 e. The molecule has 62 heavy (non-hydrogen) atoms. The molecule has 1 fully saturated rings. The Balaban J connectivity index is 1.23. The second kappa shape index (κ2) is 21.7. The van der Waals surface area contributed by atoms with Gasteiger partial charge in [-0.05, 0) is 95.7 Å². The van der Waals surface area contributed by atoms with Crippen molar-refractivity contribution >= 4 is 63.7 Å². The summed E-state index contributed by atoms with van der Waals surface area (Å²) in [6, 6.07) is 15.8. The standard InChI is InChI=1S/C45H58FN7O6S2Si/c1-10-56-43(54)41-39(26-34(59-31(3)17-19-33-27-57-33)28-58-37-20-18-32(25-35(37)46)14-13-21-51(4)5)61-44(47-41)52(6)40-24-30(2)42(50-49-40)48-45-53(29-55-22-23-62(7,8)9)36-15-11-12-16-38(36)60-45/h11-12,15-16,18,20,24-25,31,33-34H,10,17,19,21-23,26-29H2,1-9H3/b48-45-. The Morgan fingerprint density at radius 1 is 1.13 bits per heavy atom. The second-order valence-electron chi connectivity index (χ2n) is 16.8. The molecule has 2 aromatic carbocycles. The summed E-state index contributed by atoms with van der Waals surface area (Å²) < 4.78 is 48.1. The number of carbonyl (C=O) groups is 1. The molecule has 0 bridgehead atoms. The van der Waals surface area contributed by atoms with Gasteiger partial charge >= 0.3 is 5.97 Å². The first kappa shape index (κ1) is 46.9. The highest BCUT2D eigenvalue weighted by Gasteiger charge is 2.28. The average molecular weight is 904 g/mol. The number of anilines is 2. The van der Waals surface area contributed by atoms with Gasteiger partial charge in [0.25, 0.3) is 0 Å². The molecule has 1 aliphatic rings. The predicted octanol–water partition coefficient (Wildman–Crippen LogP) is 8.37. The topological polar surface area (TPSA) is 129 Å². The van der Waals surface area contributed by atoms with Gasteiger partial charge < -0.3 is 28.6 Å². The Bertz CT molecular complexity index is 2430. The highest BCUT2D eigenvalue weighted by molar-refractivity contribution is 7.16. The number of epoxide rings is 1. The van der Waals surface area contributed by atoms with Crippen LogP contribution in [-0.2, 0) is 32.1 Å². The molecule has 0 amide bonds. The maximum Gasteiger partial charge on any atom is 0.358 e. The quantitative estimate of drug-likeness (QED) is 0.0232. The Labute approximate surface area is 372 Å². The fourth-order valence-corrected chi connectivity index (χ4v) is 9.11. The number of hydrogen-bond acceptors (Lipinski definition) is 14. The van der Waals surface area contributed by atoms with Crippen molar-refractivity contribution in [2.24, 2.45) is 4.99 Å². The fraction of sp³-hybridized carbons (Fsp3) is 0.489. The van der Waals surface area contributed by atoms with Crippen LogP contribution in [0.15, 0.2) is 53.5 Å². The Hall–Kier alpha value is -4.54. The highest BCUT2D eigenvalue weighted by Crippen LogP contribution is 2.33. The Kier molecular flexibility index (Phi) is 16.4. The summed E-state index contributed by atoms with van der Waals surface area (Å²) in [6.07, 6.45) is 1.45. The van der Waals surface area contributed by atoms with Crippen LogP contribution in [0.3, 0.4) is 0 Å². The molecule has 0 N–H and O–H groups in total. The fourth-order valence-electron chi connectivity index (χ4n) is 6.26. The van der Waals surface area contributed by atoms with Gasteiger partial charge in [0, 0.05) is 38.6 Å². The van der Waals surface area contributed by atoms with Gasteiger partial charge in [0.05, 0.1) is 48.3 Å². The highest BCUT2D eigenvalue weighted by atomic mass is 32.1. The van der Waals surface area contributed by atoms with E-state index in [1.54, 1.807) is 35.3 Å². The molecule has 13 nitrogen and oxygen atoms in total. The molecule has 3 aromatic heterocycles. The van der Waals surface area contributed by atoms with Crippen LogP contribution in [0.25, 0.3) is 10.2 Å². The van der Waals surface area contributed by atoms with E-state index >= 15 is 4.39 Å². The predicted molar refractivity (Wildman–Crippen MR) is 246 cm³/mol. The maximum atomic E-state index is 15.3. The van der Waals surface area contributed by atoms with Crippen LogP contribution in [-0.4, -0.2) is 111 Å². The number of rotatable bonds is 21. The molecule has 0 aliphatic carbocycles. The van der Waals surface area contributed by atoms with E-state index in [2.05, 4.69) is 58.4 Å². The summed E-state index contributed by atoms with van der Waals surface area (Å²) in [7, 11) is 4.43. The van der Waals surface area contributed by atoms with Gasteiger partial charge in [0.1, 0.15) is 13.3 Å². The van der Waals surface area contributed by atoms with Crippen molar-refractivity contribution in [3.63, 3.8) is 0 Å². The van der Waals surface area contributed by atoms with Crippen LogP contribution in [0.5, 0.6) is 5.75 Å². The number of aromatic nitrogens is 4. The summed E-state index contributed by atoms with van der Waals surface area (Å²) in [5, 5.41) is 9.63. The third kappa shape index (κ3) is 13.5. The number of aryl methyl sites for hydroxylation is 1. The SMILES string of the molecule is CCOC(=O)c1nc(N(C)c2cc(C)c(/N=c3\sc4ccccc4n3COCC[Si](C)(C)C)nn2)sc1CC(COc1ccc(C#CCN(C)C)cc1F)OC(C)CCC1CO1. The van der Waals surface area contributed by atoms with E-state index in [4.69, 9.17) is 33.7 Å². The summed E-state index contributed by atoms with van der Waals surface area (Å²) in [5.74, 6) is 6.04. The molecule has 0 spiro atoms. The molecular formula is C45H58FN7O6S2Si. The minimum Gasteiger partial charge on any atom is -0.488 e. The minimum absolute atomic E-state index is 0.0260. The first-order chi connectivity index (χ1) is 29.7. The van der Waals surface area contributed by atoms with Crippen molar-refractivity contribution in [1.29, 1.82) is 0 Å². The van der Waals surface area contributed by atoms with Crippen LogP contribution in [0.1, 0.15) is 53.2 Å². The summed E-state index contributed by atoms with van der Waals surface area (Å²) in [6.45, 7) is 15.3. The van der Waals surface area contributed by atoms with Gasteiger partial charge in [-0.2, -0.15) is 4.99 Å². The molecule has 4 heterocycles. The van der Waals surface area contributed by atoms with Gasteiger partial charge in [-0.1, -0.05) is 55.0 Å². The Morgan fingerprint density at radius 3 is 2.63 bits per heavy atom. The molecule has 17 heteroatoms. The van der Waals surface area contributed by atoms with Crippen molar-refractivity contribution in [3.8, 4) is 17.6 Å². The van der Waals surface area contributed by atoms with Gasteiger partial charge in [0.2, 0.25) is 0 Å². The number of fused-ring (bicyclic) bond motifs is 1. The van der Waals surface area contributed by atoms with E-state index in [1.165, 1.54) is 17.4 Å². The minimum atomic E-state index is -1.24. The van der Waals surface area contributed by atoms with Gasteiger partial charge in [-0.25, -0.2) is 14.2 Å². The first-order valence-corrected chi connectivity index (χ1v) is 26.3. The number of ether oxygens (including phenoxy) is 5. The number of nitrogens with zero attached hydrogens (tertiary/aromatic N) is 7. The van der Waals surface area contributed by atoms with Crippen molar-refractivity contribution in [2.75, 3.05) is 59.0 Å². The number of esters is 1. The van der Waals surface area contributed by atoms with E-state index in [1.807, 2.05) is 58.1 Å². The van der Waals surface area contributed by atoms with Crippen molar-refractivity contribution in [1.82, 2.24) is 24.6 Å². The number of hydrogen-bond donors (Lipinski definition) is 0. The third-order valence-corrected chi connectivity index (χ3v) is 13.8. The van der Waals surface area contributed by atoms with Gasteiger partial charge in [-0.3, -0.25) is 9.47 Å². The lowest BCUT2D eigenvalue weighted by atomic mass is 10.1. The number of halogens is 1. The zero-order chi connectivity index (χ0) is 44.4. The lowest BCUT2D eigenvalue weighted by Gasteiger charge is -2.23. The number of para-hydroxylation sites is 1. The van der Waals surface area contributed by atoms with Crippen molar-refractivity contribution < 1.29 is 32.9 Å². The van der Waals surface area contributed by atoms with E-state index in [0.29, 0.717) is 47.1 Å². The molecule has 3 unspecified atom stereocenters. The van der Waals surface area contributed by atoms with Crippen LogP contribution in [0, 0.1) is 24.6 Å². The van der Waals surface area contributed by atoms with Crippen LogP contribution < -0.4 is 14.4 Å². The molecule has 0 saturated carbocycles. The zero-order valence-corrected chi connectivity index (χ0v) is 39.8. The summed E-state index contributed by atoms with van der Waals surface area (Å²) in [4.78, 5) is 28.3. The largest absolute Gasteiger partial charge is 0.488 e. The van der Waals surface area contributed by atoms with Crippen molar-refractivity contribution in [3.05, 3.63) is 80.8 Å². The molecule has 0 radical (unpaired) electrons. The zero-order valence-electron chi connectivity index (χ0n) is 37.2. The normalized spacial score (nSPS) is 15.1. The van der Waals surface area contributed by atoms with E-state index in [0.717, 1.165) is 46.1 Å². The number of benzene rings is 2. The van der Waals surface area contributed by atoms with Gasteiger partial charge in [-0.15, -0.1) is 21.5 Å². The number of thiazole rings is 2. The van der Waals surface area contributed by atoms with E-state index in [9.17, 15) is 4.79 Å². The van der Waals surface area contributed by atoms with Crippen LogP contribution in [0.4, 0.5) is 21.2 Å². The third-order valence-electron chi connectivity index (χ3n) is 9.86. The van der Waals surface area contributed by atoms with E-state index in [-0.39, 0.29) is 43.3 Å². The Morgan fingerprint density at radius 2 is 1.92 bits per heavy atom. The van der Waals surface area contributed by atoms with E-state index < -0.39 is 26.0 Å². The average Bonchev–Trinajstić information content (AvgIpc) is 3.86. The molecule has 1 aliphatic heterocycles. The second-order valence-corrected chi connectivity index (χ2v) is 24.5. The molecule has 3 atom stereocenters. The summed E-state index contributed by atoms with van der Waals surface area (Å²) >= 11 is 2.90. The maximum absolute atomic E-state index is 15.3. The first-order valence-electron chi connectivity index (χ1n) is 21.0. The molecule has 1 saturated heterocycles. The lowest BCUT2D eigenvalue weighted by Crippen LogP contribution is -2.29. The molecular weight excluding hydrogens is 846 g/mol.